The topological polar surface area (TPSA) is 45.2 Å². The summed E-state index contributed by atoms with van der Waals surface area (Å²) in [5, 5.41) is 14.1. The molecule has 78 valence electrons. The Balaban J connectivity index is 1.82. The van der Waals surface area contributed by atoms with Gasteiger partial charge in [0, 0.05) is 23.7 Å². The van der Waals surface area contributed by atoms with Crippen LogP contribution >= 0.6 is 11.3 Å². The third kappa shape index (κ3) is 2.32. The first-order valence-electron chi connectivity index (χ1n) is 5.08. The van der Waals surface area contributed by atoms with Crippen molar-refractivity contribution in [2.45, 2.75) is 44.9 Å². The Morgan fingerprint density at radius 2 is 2.50 bits per heavy atom. The smallest absolute Gasteiger partial charge is 0.0897 e. The first-order chi connectivity index (χ1) is 6.75. The van der Waals surface area contributed by atoms with E-state index in [9.17, 15) is 5.11 Å². The molecule has 2 N–H and O–H groups in total. The number of hydrogen-bond acceptors (Lipinski definition) is 4. The third-order valence-electron chi connectivity index (χ3n) is 2.69. The van der Waals surface area contributed by atoms with Crippen molar-refractivity contribution < 1.29 is 5.11 Å². The molecule has 1 fully saturated rings. The SMILES string of the molecule is Cc1ncc(CN[C@H]2CCC[C@@H]2O)s1. The second-order valence-electron chi connectivity index (χ2n) is 3.83. The molecule has 1 aliphatic rings. The lowest BCUT2D eigenvalue weighted by Crippen LogP contribution is -2.34. The van der Waals surface area contributed by atoms with Crippen LogP contribution in [0.25, 0.3) is 0 Å². The molecule has 2 rings (SSSR count). The summed E-state index contributed by atoms with van der Waals surface area (Å²) in [7, 11) is 0. The molecule has 1 aromatic heterocycles. The van der Waals surface area contributed by atoms with E-state index in [-0.39, 0.29) is 12.1 Å². The Kier molecular flexibility index (Phi) is 3.15. The molecule has 1 saturated carbocycles. The van der Waals surface area contributed by atoms with Crippen molar-refractivity contribution >= 4 is 11.3 Å². The molecular formula is C10H16N2OS. The molecule has 0 aromatic carbocycles. The molecule has 14 heavy (non-hydrogen) atoms. The zero-order valence-electron chi connectivity index (χ0n) is 8.36. The molecule has 0 saturated heterocycles. The van der Waals surface area contributed by atoms with Gasteiger partial charge in [-0.05, 0) is 26.2 Å². The molecule has 0 radical (unpaired) electrons. The molecule has 1 aliphatic carbocycles. The number of rotatable bonds is 3. The van der Waals surface area contributed by atoms with Crippen LogP contribution < -0.4 is 5.32 Å². The van der Waals surface area contributed by atoms with E-state index in [0.717, 1.165) is 30.8 Å². The summed E-state index contributed by atoms with van der Waals surface area (Å²) >= 11 is 1.72. The van der Waals surface area contributed by atoms with Crippen LogP contribution in [0.4, 0.5) is 0 Å². The van der Waals surface area contributed by atoms with Crippen LogP contribution in [0.1, 0.15) is 29.1 Å². The van der Waals surface area contributed by atoms with E-state index in [0.29, 0.717) is 0 Å². The molecule has 0 bridgehead atoms. The average Bonchev–Trinajstić information content (AvgIpc) is 2.72. The summed E-state index contributed by atoms with van der Waals surface area (Å²) in [5.41, 5.74) is 0. The Morgan fingerprint density at radius 3 is 3.07 bits per heavy atom. The quantitative estimate of drug-likeness (QED) is 0.797. The second-order valence-corrected chi connectivity index (χ2v) is 5.15. The minimum atomic E-state index is -0.149. The van der Waals surface area contributed by atoms with Crippen molar-refractivity contribution in [1.29, 1.82) is 0 Å². The van der Waals surface area contributed by atoms with Crippen molar-refractivity contribution in [3.63, 3.8) is 0 Å². The fraction of sp³-hybridized carbons (Fsp3) is 0.700. The van der Waals surface area contributed by atoms with Crippen molar-refractivity contribution in [3.05, 3.63) is 16.1 Å². The molecule has 1 aromatic rings. The summed E-state index contributed by atoms with van der Waals surface area (Å²) in [6, 6.07) is 0.289. The van der Waals surface area contributed by atoms with E-state index in [1.165, 1.54) is 4.88 Å². The Morgan fingerprint density at radius 1 is 1.64 bits per heavy atom. The number of aliphatic hydroxyl groups excluding tert-OH is 1. The molecule has 2 atom stereocenters. The van der Waals surface area contributed by atoms with Gasteiger partial charge in [-0.2, -0.15) is 0 Å². The van der Waals surface area contributed by atoms with E-state index >= 15 is 0 Å². The summed E-state index contributed by atoms with van der Waals surface area (Å²) in [6.07, 6.45) is 4.94. The van der Waals surface area contributed by atoms with Crippen molar-refractivity contribution in [1.82, 2.24) is 10.3 Å². The van der Waals surface area contributed by atoms with Gasteiger partial charge >= 0.3 is 0 Å². The van der Waals surface area contributed by atoms with Gasteiger partial charge in [0.05, 0.1) is 11.1 Å². The molecule has 0 spiro atoms. The first-order valence-corrected chi connectivity index (χ1v) is 5.90. The lowest BCUT2D eigenvalue weighted by Gasteiger charge is -2.15. The number of nitrogens with one attached hydrogen (secondary N) is 1. The number of thiazole rings is 1. The largest absolute Gasteiger partial charge is 0.392 e. The first kappa shape index (κ1) is 10.1. The molecular weight excluding hydrogens is 196 g/mol. The predicted octanol–water partition coefficient (Wildman–Crippen LogP) is 1.45. The maximum absolute atomic E-state index is 9.60. The predicted molar refractivity (Wildman–Crippen MR) is 57.3 cm³/mol. The van der Waals surface area contributed by atoms with Crippen molar-refractivity contribution in [3.8, 4) is 0 Å². The minimum Gasteiger partial charge on any atom is -0.392 e. The van der Waals surface area contributed by atoms with Gasteiger partial charge in [0.2, 0.25) is 0 Å². The number of aryl methyl sites for hydroxylation is 1. The molecule has 0 unspecified atom stereocenters. The summed E-state index contributed by atoms with van der Waals surface area (Å²) in [4.78, 5) is 5.45. The van der Waals surface area contributed by atoms with Crippen molar-refractivity contribution in [2.24, 2.45) is 0 Å². The highest BCUT2D eigenvalue weighted by atomic mass is 32.1. The van der Waals surface area contributed by atoms with E-state index in [4.69, 9.17) is 0 Å². The van der Waals surface area contributed by atoms with Crippen LogP contribution in [-0.4, -0.2) is 22.2 Å². The fourth-order valence-electron chi connectivity index (χ4n) is 1.90. The molecule has 0 amide bonds. The standard InChI is InChI=1S/C10H16N2OS/c1-7-11-5-8(14-7)6-12-9-3-2-4-10(9)13/h5,9-10,12-13H,2-4,6H2,1H3/t9-,10-/m0/s1. The van der Waals surface area contributed by atoms with Gasteiger partial charge in [0.1, 0.15) is 0 Å². The summed E-state index contributed by atoms with van der Waals surface area (Å²) in [6.45, 7) is 2.85. The minimum absolute atomic E-state index is 0.149. The molecule has 4 heteroatoms. The van der Waals surface area contributed by atoms with Gasteiger partial charge < -0.3 is 10.4 Å². The lowest BCUT2D eigenvalue weighted by atomic mass is 10.2. The highest BCUT2D eigenvalue weighted by molar-refractivity contribution is 7.11. The van der Waals surface area contributed by atoms with Crippen LogP contribution in [0.3, 0.4) is 0 Å². The number of aliphatic hydroxyl groups is 1. The third-order valence-corrected chi connectivity index (χ3v) is 3.60. The summed E-state index contributed by atoms with van der Waals surface area (Å²) in [5.74, 6) is 0. The van der Waals surface area contributed by atoms with Gasteiger partial charge in [-0.25, -0.2) is 4.98 Å². The second kappa shape index (κ2) is 4.38. The van der Waals surface area contributed by atoms with Crippen LogP contribution in [0.2, 0.25) is 0 Å². The molecule has 3 nitrogen and oxygen atoms in total. The van der Waals surface area contributed by atoms with E-state index < -0.39 is 0 Å². The highest BCUT2D eigenvalue weighted by Crippen LogP contribution is 2.20. The van der Waals surface area contributed by atoms with Crippen LogP contribution in [0.5, 0.6) is 0 Å². The zero-order valence-corrected chi connectivity index (χ0v) is 9.18. The van der Waals surface area contributed by atoms with Crippen LogP contribution in [0, 0.1) is 6.92 Å². The van der Waals surface area contributed by atoms with Gasteiger partial charge in [-0.15, -0.1) is 11.3 Å². The van der Waals surface area contributed by atoms with Gasteiger partial charge in [-0.1, -0.05) is 0 Å². The number of nitrogens with zero attached hydrogens (tertiary/aromatic N) is 1. The van der Waals surface area contributed by atoms with Crippen LogP contribution in [-0.2, 0) is 6.54 Å². The zero-order chi connectivity index (χ0) is 9.97. The highest BCUT2D eigenvalue weighted by Gasteiger charge is 2.24. The monoisotopic (exact) mass is 212 g/mol. The maximum Gasteiger partial charge on any atom is 0.0897 e. The van der Waals surface area contributed by atoms with E-state index in [2.05, 4.69) is 10.3 Å². The average molecular weight is 212 g/mol. The Hall–Kier alpha value is -0.450. The number of aromatic nitrogens is 1. The number of hydrogen-bond donors (Lipinski definition) is 2. The summed E-state index contributed by atoms with van der Waals surface area (Å²) < 4.78 is 0. The van der Waals surface area contributed by atoms with Gasteiger partial charge in [0.25, 0.3) is 0 Å². The Labute approximate surface area is 88.2 Å². The van der Waals surface area contributed by atoms with E-state index in [1.807, 2.05) is 13.1 Å². The van der Waals surface area contributed by atoms with Gasteiger partial charge in [-0.3, -0.25) is 0 Å². The molecule has 0 aliphatic heterocycles. The van der Waals surface area contributed by atoms with E-state index in [1.54, 1.807) is 11.3 Å². The van der Waals surface area contributed by atoms with Crippen molar-refractivity contribution in [2.75, 3.05) is 0 Å². The van der Waals surface area contributed by atoms with Gasteiger partial charge in [0.15, 0.2) is 0 Å². The lowest BCUT2D eigenvalue weighted by molar-refractivity contribution is 0.149. The fourth-order valence-corrected chi connectivity index (χ4v) is 2.64. The normalized spacial score (nSPS) is 27.0. The maximum atomic E-state index is 9.60. The molecule has 1 heterocycles. The Bertz CT molecular complexity index is 300. The van der Waals surface area contributed by atoms with Crippen LogP contribution in [0.15, 0.2) is 6.20 Å².